The third kappa shape index (κ3) is 4.48. The minimum Gasteiger partial charge on any atom is -0.314 e. The highest BCUT2D eigenvalue weighted by molar-refractivity contribution is 5.18. The molecule has 0 aromatic heterocycles. The molecule has 0 fully saturated rings. The first-order chi connectivity index (χ1) is 7.24. The van der Waals surface area contributed by atoms with Gasteiger partial charge in [0.2, 0.25) is 0 Å². The molecule has 0 aliphatic rings. The van der Waals surface area contributed by atoms with Gasteiger partial charge in [-0.15, -0.1) is 0 Å². The molecule has 0 aliphatic carbocycles. The van der Waals surface area contributed by atoms with Crippen LogP contribution >= 0.6 is 0 Å². The fourth-order valence-corrected chi connectivity index (χ4v) is 1.81. The van der Waals surface area contributed by atoms with Crippen molar-refractivity contribution >= 4 is 0 Å². The number of nitrogens with one attached hydrogen (secondary N) is 1. The van der Waals surface area contributed by atoms with Crippen molar-refractivity contribution in [1.82, 2.24) is 5.32 Å². The zero-order chi connectivity index (χ0) is 11.1. The summed E-state index contributed by atoms with van der Waals surface area (Å²) in [5, 5.41) is 3.58. The van der Waals surface area contributed by atoms with E-state index in [1.165, 1.54) is 18.4 Å². The molecule has 0 radical (unpaired) electrons. The van der Waals surface area contributed by atoms with E-state index in [0.29, 0.717) is 12.0 Å². The Hall–Kier alpha value is -0.820. The molecule has 2 atom stereocenters. The summed E-state index contributed by atoms with van der Waals surface area (Å²) in [7, 11) is 0. The SMILES string of the molecule is CCCC(C)NCC(C)c1ccccc1. The summed E-state index contributed by atoms with van der Waals surface area (Å²) < 4.78 is 0. The first-order valence-corrected chi connectivity index (χ1v) is 6.02. The van der Waals surface area contributed by atoms with Crippen molar-refractivity contribution in [1.29, 1.82) is 0 Å². The second-order valence-electron chi connectivity index (χ2n) is 4.41. The lowest BCUT2D eigenvalue weighted by atomic mass is 10.0. The quantitative estimate of drug-likeness (QED) is 0.748. The molecule has 2 unspecified atom stereocenters. The lowest BCUT2D eigenvalue weighted by Gasteiger charge is -2.17. The zero-order valence-electron chi connectivity index (χ0n) is 10.2. The van der Waals surface area contributed by atoms with Gasteiger partial charge in [0.1, 0.15) is 0 Å². The van der Waals surface area contributed by atoms with E-state index in [9.17, 15) is 0 Å². The van der Waals surface area contributed by atoms with Crippen molar-refractivity contribution in [3.05, 3.63) is 35.9 Å². The van der Waals surface area contributed by atoms with Gasteiger partial charge in [-0.1, -0.05) is 50.6 Å². The Balaban J connectivity index is 2.33. The average Bonchev–Trinajstić information content (AvgIpc) is 2.27. The molecule has 1 aromatic rings. The Kier molecular flexibility index (Phi) is 5.41. The Bertz CT molecular complexity index is 255. The third-order valence-corrected chi connectivity index (χ3v) is 2.86. The number of hydrogen-bond acceptors (Lipinski definition) is 1. The van der Waals surface area contributed by atoms with E-state index < -0.39 is 0 Å². The van der Waals surface area contributed by atoms with E-state index in [2.05, 4.69) is 56.4 Å². The van der Waals surface area contributed by atoms with Crippen LogP contribution in [0.2, 0.25) is 0 Å². The lowest BCUT2D eigenvalue weighted by molar-refractivity contribution is 0.488. The first kappa shape index (κ1) is 12.3. The van der Waals surface area contributed by atoms with Gasteiger partial charge in [-0.05, 0) is 24.8 Å². The van der Waals surface area contributed by atoms with Gasteiger partial charge in [-0.3, -0.25) is 0 Å². The van der Waals surface area contributed by atoms with Crippen LogP contribution in [0.15, 0.2) is 30.3 Å². The van der Waals surface area contributed by atoms with E-state index in [0.717, 1.165) is 6.54 Å². The molecule has 0 saturated heterocycles. The molecule has 1 rings (SSSR count). The summed E-state index contributed by atoms with van der Waals surface area (Å²) in [5.74, 6) is 0.602. The fourth-order valence-electron chi connectivity index (χ4n) is 1.81. The van der Waals surface area contributed by atoms with Gasteiger partial charge in [-0.25, -0.2) is 0 Å². The summed E-state index contributed by atoms with van der Waals surface area (Å²) in [6.45, 7) is 7.85. The molecule has 1 N–H and O–H groups in total. The predicted octanol–water partition coefficient (Wildman–Crippen LogP) is 3.57. The number of hydrogen-bond donors (Lipinski definition) is 1. The van der Waals surface area contributed by atoms with Crippen molar-refractivity contribution in [3.8, 4) is 0 Å². The van der Waals surface area contributed by atoms with Gasteiger partial charge >= 0.3 is 0 Å². The van der Waals surface area contributed by atoms with Crippen LogP contribution in [0, 0.1) is 0 Å². The van der Waals surface area contributed by atoms with Crippen LogP contribution in [0.4, 0.5) is 0 Å². The highest BCUT2D eigenvalue weighted by Crippen LogP contribution is 2.13. The zero-order valence-corrected chi connectivity index (χ0v) is 10.2. The highest BCUT2D eigenvalue weighted by Gasteiger charge is 2.06. The third-order valence-electron chi connectivity index (χ3n) is 2.86. The van der Waals surface area contributed by atoms with Crippen LogP contribution in [0.25, 0.3) is 0 Å². The fraction of sp³-hybridized carbons (Fsp3) is 0.571. The largest absolute Gasteiger partial charge is 0.314 e. The topological polar surface area (TPSA) is 12.0 Å². The van der Waals surface area contributed by atoms with Gasteiger partial charge in [0, 0.05) is 12.6 Å². The van der Waals surface area contributed by atoms with Crippen LogP contribution in [-0.2, 0) is 0 Å². The molecule has 1 nitrogen and oxygen atoms in total. The number of benzene rings is 1. The second kappa shape index (κ2) is 6.62. The molecule has 1 heteroatoms. The van der Waals surface area contributed by atoms with E-state index in [4.69, 9.17) is 0 Å². The van der Waals surface area contributed by atoms with Gasteiger partial charge in [0.05, 0.1) is 0 Å². The molecule has 84 valence electrons. The lowest BCUT2D eigenvalue weighted by Crippen LogP contribution is -2.29. The van der Waals surface area contributed by atoms with E-state index in [-0.39, 0.29) is 0 Å². The Morgan fingerprint density at radius 2 is 1.80 bits per heavy atom. The normalized spacial score (nSPS) is 14.9. The van der Waals surface area contributed by atoms with Gasteiger partial charge < -0.3 is 5.32 Å². The van der Waals surface area contributed by atoms with E-state index >= 15 is 0 Å². The van der Waals surface area contributed by atoms with Crippen LogP contribution in [0.5, 0.6) is 0 Å². The summed E-state index contributed by atoms with van der Waals surface area (Å²) >= 11 is 0. The van der Waals surface area contributed by atoms with Crippen LogP contribution in [0.3, 0.4) is 0 Å². The second-order valence-corrected chi connectivity index (χ2v) is 4.41. The molecule has 0 spiro atoms. The molecule has 0 aliphatic heterocycles. The van der Waals surface area contributed by atoms with Gasteiger partial charge in [0.25, 0.3) is 0 Å². The smallest absolute Gasteiger partial charge is 0.00388 e. The maximum absolute atomic E-state index is 3.58. The Labute approximate surface area is 93.9 Å². The highest BCUT2D eigenvalue weighted by atomic mass is 14.9. The molecule has 0 bridgehead atoms. The maximum atomic E-state index is 3.58. The van der Waals surface area contributed by atoms with Gasteiger partial charge in [0.15, 0.2) is 0 Å². The molecule has 0 saturated carbocycles. The standard InChI is InChI=1S/C14H23N/c1-4-8-13(3)15-11-12(2)14-9-6-5-7-10-14/h5-7,9-10,12-13,15H,4,8,11H2,1-3H3. The summed E-state index contributed by atoms with van der Waals surface area (Å²) in [4.78, 5) is 0. The first-order valence-electron chi connectivity index (χ1n) is 6.02. The monoisotopic (exact) mass is 205 g/mol. The minimum absolute atomic E-state index is 0.602. The molecule has 0 amide bonds. The average molecular weight is 205 g/mol. The van der Waals surface area contributed by atoms with Crippen molar-refractivity contribution in [3.63, 3.8) is 0 Å². The van der Waals surface area contributed by atoms with Crippen molar-refractivity contribution in [2.75, 3.05) is 6.54 Å². The Morgan fingerprint density at radius 1 is 1.13 bits per heavy atom. The minimum atomic E-state index is 0.602. The summed E-state index contributed by atoms with van der Waals surface area (Å²) in [5.41, 5.74) is 1.42. The van der Waals surface area contributed by atoms with Crippen LogP contribution in [0.1, 0.15) is 45.1 Å². The summed E-state index contributed by atoms with van der Waals surface area (Å²) in [6.07, 6.45) is 2.52. The van der Waals surface area contributed by atoms with Crippen molar-refractivity contribution in [2.45, 2.75) is 45.6 Å². The maximum Gasteiger partial charge on any atom is 0.00388 e. The van der Waals surface area contributed by atoms with Crippen LogP contribution < -0.4 is 5.32 Å². The van der Waals surface area contributed by atoms with Gasteiger partial charge in [-0.2, -0.15) is 0 Å². The van der Waals surface area contributed by atoms with E-state index in [1.54, 1.807) is 0 Å². The predicted molar refractivity (Wildman–Crippen MR) is 67.2 cm³/mol. The molecular formula is C14H23N. The Morgan fingerprint density at radius 3 is 2.40 bits per heavy atom. The molecular weight excluding hydrogens is 182 g/mol. The molecule has 15 heavy (non-hydrogen) atoms. The van der Waals surface area contributed by atoms with Crippen molar-refractivity contribution < 1.29 is 0 Å². The summed E-state index contributed by atoms with van der Waals surface area (Å²) in [6, 6.07) is 11.3. The number of rotatable bonds is 6. The van der Waals surface area contributed by atoms with Crippen LogP contribution in [-0.4, -0.2) is 12.6 Å². The molecule has 1 aromatic carbocycles. The van der Waals surface area contributed by atoms with E-state index in [1.807, 2.05) is 0 Å². The molecule has 0 heterocycles. The van der Waals surface area contributed by atoms with Crippen molar-refractivity contribution in [2.24, 2.45) is 0 Å².